The smallest absolute Gasteiger partial charge is 0.317 e. The first kappa shape index (κ1) is 15.8. The lowest BCUT2D eigenvalue weighted by molar-refractivity contribution is -0.141. The van der Waals surface area contributed by atoms with E-state index in [1.54, 1.807) is 4.90 Å². The van der Waals surface area contributed by atoms with Crippen LogP contribution in [-0.2, 0) is 4.79 Å². The zero-order chi connectivity index (χ0) is 14.3. The molecule has 1 aliphatic heterocycles. The van der Waals surface area contributed by atoms with Crippen molar-refractivity contribution < 1.29 is 14.7 Å². The van der Waals surface area contributed by atoms with Crippen LogP contribution in [0.1, 0.15) is 26.7 Å². The molecule has 1 saturated heterocycles. The van der Waals surface area contributed by atoms with Gasteiger partial charge in [0.15, 0.2) is 0 Å². The SMILES string of the molecule is CCN(CC)CCCNC(=O)N1CCC(C(=O)O)C1. The molecule has 110 valence electrons. The molecule has 1 fully saturated rings. The Hall–Kier alpha value is -1.30. The van der Waals surface area contributed by atoms with Gasteiger partial charge < -0.3 is 20.2 Å². The van der Waals surface area contributed by atoms with Crippen LogP contribution in [0.25, 0.3) is 0 Å². The zero-order valence-corrected chi connectivity index (χ0v) is 11.9. The summed E-state index contributed by atoms with van der Waals surface area (Å²) in [6.45, 7) is 8.79. The lowest BCUT2D eigenvalue weighted by Gasteiger charge is -2.19. The van der Waals surface area contributed by atoms with E-state index in [0.717, 1.165) is 26.1 Å². The molecule has 0 spiro atoms. The number of hydrogen-bond donors (Lipinski definition) is 2. The molecular formula is C13H25N3O3. The molecule has 1 unspecified atom stereocenters. The molecule has 2 N–H and O–H groups in total. The maximum atomic E-state index is 11.8. The maximum absolute atomic E-state index is 11.8. The lowest BCUT2D eigenvalue weighted by Crippen LogP contribution is -2.40. The number of carboxylic acids is 1. The van der Waals surface area contributed by atoms with Gasteiger partial charge in [-0.15, -0.1) is 0 Å². The van der Waals surface area contributed by atoms with Gasteiger partial charge in [-0.1, -0.05) is 13.8 Å². The molecule has 0 aliphatic carbocycles. The number of carbonyl (C=O) groups excluding carboxylic acids is 1. The number of carboxylic acid groups (broad SMARTS) is 1. The molecule has 6 nitrogen and oxygen atoms in total. The molecule has 1 heterocycles. The van der Waals surface area contributed by atoms with E-state index in [4.69, 9.17) is 5.11 Å². The minimum Gasteiger partial charge on any atom is -0.481 e. The predicted octanol–water partition coefficient (Wildman–Crippen LogP) is 0.834. The molecule has 0 aromatic rings. The summed E-state index contributed by atoms with van der Waals surface area (Å²) in [6.07, 6.45) is 1.48. The van der Waals surface area contributed by atoms with Gasteiger partial charge in [0.05, 0.1) is 5.92 Å². The third-order valence-electron chi connectivity index (χ3n) is 3.65. The van der Waals surface area contributed by atoms with Crippen molar-refractivity contribution in [1.29, 1.82) is 0 Å². The van der Waals surface area contributed by atoms with Crippen LogP contribution in [0.3, 0.4) is 0 Å². The van der Waals surface area contributed by atoms with Gasteiger partial charge >= 0.3 is 12.0 Å². The second-order valence-electron chi connectivity index (χ2n) is 4.88. The van der Waals surface area contributed by atoms with Crippen LogP contribution in [0.15, 0.2) is 0 Å². The third-order valence-corrected chi connectivity index (χ3v) is 3.65. The van der Waals surface area contributed by atoms with E-state index >= 15 is 0 Å². The highest BCUT2D eigenvalue weighted by molar-refractivity contribution is 5.77. The van der Waals surface area contributed by atoms with Crippen LogP contribution in [-0.4, -0.2) is 66.2 Å². The Balaban J connectivity index is 2.17. The number of urea groups is 1. The van der Waals surface area contributed by atoms with E-state index in [-0.39, 0.29) is 6.03 Å². The number of aliphatic carboxylic acids is 1. The van der Waals surface area contributed by atoms with Crippen LogP contribution < -0.4 is 5.32 Å². The summed E-state index contributed by atoms with van der Waals surface area (Å²) in [5.74, 6) is -1.21. The summed E-state index contributed by atoms with van der Waals surface area (Å²) in [4.78, 5) is 26.5. The van der Waals surface area contributed by atoms with Crippen molar-refractivity contribution in [1.82, 2.24) is 15.1 Å². The maximum Gasteiger partial charge on any atom is 0.317 e. The molecule has 0 radical (unpaired) electrons. The van der Waals surface area contributed by atoms with Crippen molar-refractivity contribution in [2.75, 3.05) is 39.3 Å². The van der Waals surface area contributed by atoms with Gasteiger partial charge in [0.25, 0.3) is 0 Å². The molecular weight excluding hydrogens is 246 g/mol. The topological polar surface area (TPSA) is 72.9 Å². The van der Waals surface area contributed by atoms with Gasteiger partial charge in [0, 0.05) is 19.6 Å². The summed E-state index contributed by atoms with van der Waals surface area (Å²) < 4.78 is 0. The lowest BCUT2D eigenvalue weighted by atomic mass is 10.1. The fraction of sp³-hybridized carbons (Fsp3) is 0.846. The first-order valence-corrected chi connectivity index (χ1v) is 7.06. The van der Waals surface area contributed by atoms with Gasteiger partial charge in [-0.25, -0.2) is 4.79 Å². The van der Waals surface area contributed by atoms with Gasteiger partial charge in [-0.05, 0) is 32.5 Å². The largest absolute Gasteiger partial charge is 0.481 e. The van der Waals surface area contributed by atoms with Crippen LogP contribution in [0.2, 0.25) is 0 Å². The van der Waals surface area contributed by atoms with E-state index < -0.39 is 11.9 Å². The van der Waals surface area contributed by atoms with Crippen LogP contribution >= 0.6 is 0 Å². The van der Waals surface area contributed by atoms with Gasteiger partial charge in [-0.3, -0.25) is 4.79 Å². The Kier molecular flexibility index (Phi) is 6.62. The molecule has 1 rings (SSSR count). The highest BCUT2D eigenvalue weighted by Gasteiger charge is 2.30. The Bertz CT molecular complexity index is 306. The van der Waals surface area contributed by atoms with E-state index in [1.165, 1.54) is 0 Å². The predicted molar refractivity (Wildman–Crippen MR) is 73.1 cm³/mol. The van der Waals surface area contributed by atoms with Crippen molar-refractivity contribution in [3.05, 3.63) is 0 Å². The molecule has 2 amide bonds. The summed E-state index contributed by atoms with van der Waals surface area (Å²) in [6, 6.07) is -0.136. The Morgan fingerprint density at radius 2 is 2.05 bits per heavy atom. The highest BCUT2D eigenvalue weighted by atomic mass is 16.4. The number of nitrogens with zero attached hydrogens (tertiary/aromatic N) is 2. The summed E-state index contributed by atoms with van der Waals surface area (Å²) in [7, 11) is 0. The van der Waals surface area contributed by atoms with E-state index in [0.29, 0.717) is 26.1 Å². The summed E-state index contributed by atoms with van der Waals surface area (Å²) in [5, 5.41) is 11.7. The Morgan fingerprint density at radius 3 is 2.58 bits per heavy atom. The minimum absolute atomic E-state index is 0.136. The van der Waals surface area contributed by atoms with E-state index in [9.17, 15) is 9.59 Å². The normalized spacial score (nSPS) is 18.9. The molecule has 1 aliphatic rings. The number of carbonyl (C=O) groups is 2. The quantitative estimate of drug-likeness (QED) is 0.673. The highest BCUT2D eigenvalue weighted by Crippen LogP contribution is 2.15. The van der Waals surface area contributed by atoms with E-state index in [1.807, 2.05) is 0 Å². The summed E-state index contributed by atoms with van der Waals surface area (Å²) >= 11 is 0. The van der Waals surface area contributed by atoms with Crippen molar-refractivity contribution in [3.8, 4) is 0 Å². The van der Waals surface area contributed by atoms with Gasteiger partial charge in [0.2, 0.25) is 0 Å². The number of likely N-dealkylation sites (tertiary alicyclic amines) is 1. The fourth-order valence-electron chi connectivity index (χ4n) is 2.30. The molecule has 0 aromatic carbocycles. The van der Waals surface area contributed by atoms with Crippen molar-refractivity contribution in [3.63, 3.8) is 0 Å². The van der Waals surface area contributed by atoms with Crippen molar-refractivity contribution >= 4 is 12.0 Å². The third kappa shape index (κ3) is 5.06. The first-order chi connectivity index (χ1) is 9.08. The van der Waals surface area contributed by atoms with Gasteiger partial charge in [0.1, 0.15) is 0 Å². The molecule has 0 bridgehead atoms. The number of rotatable bonds is 7. The minimum atomic E-state index is -0.808. The molecule has 6 heteroatoms. The van der Waals surface area contributed by atoms with Gasteiger partial charge in [-0.2, -0.15) is 0 Å². The zero-order valence-electron chi connectivity index (χ0n) is 11.9. The number of amides is 2. The van der Waals surface area contributed by atoms with Crippen LogP contribution in [0.5, 0.6) is 0 Å². The van der Waals surface area contributed by atoms with Crippen LogP contribution in [0.4, 0.5) is 4.79 Å². The van der Waals surface area contributed by atoms with Crippen molar-refractivity contribution in [2.24, 2.45) is 5.92 Å². The second-order valence-corrected chi connectivity index (χ2v) is 4.88. The molecule has 1 atom stereocenters. The van der Waals surface area contributed by atoms with Crippen LogP contribution in [0, 0.1) is 5.92 Å². The monoisotopic (exact) mass is 271 g/mol. The molecule has 0 aromatic heterocycles. The standard InChI is InChI=1S/C13H25N3O3/c1-3-15(4-2)8-5-7-14-13(19)16-9-6-11(10-16)12(17)18/h11H,3-10H2,1-2H3,(H,14,19)(H,17,18). The first-order valence-electron chi connectivity index (χ1n) is 7.06. The average molecular weight is 271 g/mol. The van der Waals surface area contributed by atoms with E-state index in [2.05, 4.69) is 24.1 Å². The average Bonchev–Trinajstić information content (AvgIpc) is 2.88. The summed E-state index contributed by atoms with van der Waals surface area (Å²) in [5.41, 5.74) is 0. The fourth-order valence-corrected chi connectivity index (χ4v) is 2.30. The second kappa shape index (κ2) is 7.99. The number of hydrogen-bond acceptors (Lipinski definition) is 3. The Labute approximate surface area is 114 Å². The number of nitrogens with one attached hydrogen (secondary N) is 1. The molecule has 0 saturated carbocycles. The Morgan fingerprint density at radius 1 is 1.37 bits per heavy atom. The van der Waals surface area contributed by atoms with Crippen molar-refractivity contribution in [2.45, 2.75) is 26.7 Å². The molecule has 19 heavy (non-hydrogen) atoms.